The maximum Gasteiger partial charge on any atom is 0.266 e. The van der Waals surface area contributed by atoms with Gasteiger partial charge in [-0.2, -0.15) is 0 Å². The van der Waals surface area contributed by atoms with Crippen LogP contribution in [0.3, 0.4) is 0 Å². The predicted molar refractivity (Wildman–Crippen MR) is 117 cm³/mol. The van der Waals surface area contributed by atoms with E-state index in [2.05, 4.69) is 33.1 Å². The number of hydrogen-bond acceptors (Lipinski definition) is 4. The summed E-state index contributed by atoms with van der Waals surface area (Å²) in [5.41, 5.74) is 2.10. The monoisotopic (exact) mass is 515 g/mol. The van der Waals surface area contributed by atoms with Gasteiger partial charge in [-0.05, 0) is 11.1 Å². The Bertz CT molecular complexity index is 908. The first-order valence-corrected chi connectivity index (χ1v) is 11.3. The molecule has 5 rings (SSSR count). The second-order valence-corrected chi connectivity index (χ2v) is 10.7. The molecule has 0 unspecified atom stereocenters. The van der Waals surface area contributed by atoms with Crippen molar-refractivity contribution in [1.29, 1.82) is 0 Å². The Morgan fingerprint density at radius 1 is 0.759 bits per heavy atom. The van der Waals surface area contributed by atoms with Gasteiger partial charge in [-0.3, -0.25) is 0 Å². The zero-order valence-electron chi connectivity index (χ0n) is 15.0. The summed E-state index contributed by atoms with van der Waals surface area (Å²) in [6, 6.07) is 19.9. The summed E-state index contributed by atoms with van der Waals surface area (Å²) in [6.45, 7) is 0. The molecule has 0 N–H and O–H groups in total. The highest BCUT2D eigenvalue weighted by atomic mass is 79.9. The molecule has 2 aromatic rings. The van der Waals surface area contributed by atoms with Gasteiger partial charge in [0, 0.05) is 0 Å². The van der Waals surface area contributed by atoms with Crippen molar-refractivity contribution in [1.82, 2.24) is 0 Å². The zero-order valence-corrected chi connectivity index (χ0v) is 18.9. The van der Waals surface area contributed by atoms with Crippen molar-refractivity contribution in [2.45, 2.75) is 45.2 Å². The molecule has 0 aromatic heterocycles. The number of halogens is 4. The van der Waals surface area contributed by atoms with Crippen LogP contribution in [0.5, 0.6) is 0 Å². The van der Waals surface area contributed by atoms with Gasteiger partial charge < -0.3 is 14.2 Å². The van der Waals surface area contributed by atoms with E-state index < -0.39 is 3.79 Å². The van der Waals surface area contributed by atoms with Crippen LogP contribution in [0.25, 0.3) is 0 Å². The molecule has 7 atom stereocenters. The van der Waals surface area contributed by atoms with Gasteiger partial charge in [0.25, 0.3) is 3.79 Å². The Morgan fingerprint density at radius 3 is 1.79 bits per heavy atom. The average Bonchev–Trinajstić information content (AvgIpc) is 3.28. The van der Waals surface area contributed by atoms with E-state index in [0.717, 1.165) is 11.1 Å². The van der Waals surface area contributed by atoms with E-state index in [1.165, 1.54) is 0 Å². The Labute approximate surface area is 192 Å². The Hall–Kier alpha value is -0.820. The smallest absolute Gasteiger partial charge is 0.266 e. The maximum atomic E-state index is 6.63. The minimum atomic E-state index is -1.70. The molecule has 29 heavy (non-hydrogen) atoms. The van der Waals surface area contributed by atoms with Crippen molar-refractivity contribution in [3.63, 3.8) is 0 Å². The number of benzene rings is 2. The fraction of sp³-hybridized carbons (Fsp3) is 0.381. The first-order chi connectivity index (χ1) is 13.9. The van der Waals surface area contributed by atoms with Crippen molar-refractivity contribution in [3.05, 3.63) is 71.8 Å². The van der Waals surface area contributed by atoms with E-state index in [4.69, 9.17) is 49.0 Å². The van der Waals surface area contributed by atoms with Crippen molar-refractivity contribution >= 4 is 56.6 Å². The summed E-state index contributed by atoms with van der Waals surface area (Å²) in [4.78, 5) is 4.39. The molecule has 2 fully saturated rings. The molecule has 0 amide bonds. The lowest BCUT2D eigenvalue weighted by atomic mass is 9.95. The maximum absolute atomic E-state index is 6.63. The average molecular weight is 518 g/mol. The second-order valence-electron chi connectivity index (χ2n) is 7.31. The van der Waals surface area contributed by atoms with E-state index >= 15 is 0 Å². The third-order valence-electron chi connectivity index (χ3n) is 5.52. The lowest BCUT2D eigenvalue weighted by Gasteiger charge is -2.41. The lowest BCUT2D eigenvalue weighted by molar-refractivity contribution is -0.228. The molecule has 1 aliphatic carbocycles. The highest BCUT2D eigenvalue weighted by Gasteiger charge is 2.61. The topological polar surface area (TPSA) is 40.0 Å². The van der Waals surface area contributed by atoms with E-state index in [9.17, 15) is 0 Å². The van der Waals surface area contributed by atoms with Crippen molar-refractivity contribution < 1.29 is 14.2 Å². The molecule has 1 saturated carbocycles. The number of rotatable bonds is 2. The molecule has 2 heterocycles. The van der Waals surface area contributed by atoms with Gasteiger partial charge in [-0.25, -0.2) is 4.99 Å². The van der Waals surface area contributed by atoms with Crippen LogP contribution in [-0.4, -0.2) is 38.9 Å². The van der Waals surface area contributed by atoms with E-state index in [1.54, 1.807) is 0 Å². The van der Waals surface area contributed by atoms with Gasteiger partial charge in [0.1, 0.15) is 30.5 Å². The number of alkyl halides is 4. The highest BCUT2D eigenvalue weighted by molar-refractivity contribution is 9.09. The van der Waals surface area contributed by atoms with Crippen LogP contribution < -0.4 is 0 Å². The summed E-state index contributed by atoms with van der Waals surface area (Å²) in [7, 11) is 0. The van der Waals surface area contributed by atoms with E-state index in [-0.39, 0.29) is 47.3 Å². The quantitative estimate of drug-likeness (QED) is 0.490. The zero-order chi connectivity index (χ0) is 20.2. The Balaban J connectivity index is 1.50. The fourth-order valence-electron chi connectivity index (χ4n) is 4.24. The molecule has 4 nitrogen and oxygen atoms in total. The molecular formula is C21H17BrCl3NO3. The molecule has 3 aliphatic rings. The minimum absolute atomic E-state index is 0.102. The van der Waals surface area contributed by atoms with Gasteiger partial charge in [0.2, 0.25) is 5.90 Å². The number of aliphatic imine (C=N–C) groups is 1. The highest BCUT2D eigenvalue weighted by Crippen LogP contribution is 2.51. The van der Waals surface area contributed by atoms with Crippen LogP contribution in [0.15, 0.2) is 65.7 Å². The SMILES string of the molecule is ClC(Cl)(Cl)C1=N[C@H]2[C@H](Br)[C@@H]3O[C@@H](c4ccccc4)[C@H](c4ccccc4)O[C@@H]3[C@H]2O1. The fourth-order valence-corrected chi connectivity index (χ4v) is 5.36. The summed E-state index contributed by atoms with van der Waals surface area (Å²) < 4.78 is 17.5. The molecular weight excluding hydrogens is 500 g/mol. The number of ether oxygens (including phenoxy) is 3. The van der Waals surface area contributed by atoms with Gasteiger partial charge in [0.15, 0.2) is 6.10 Å². The molecule has 0 radical (unpaired) electrons. The molecule has 1 saturated heterocycles. The van der Waals surface area contributed by atoms with Crippen LogP contribution in [-0.2, 0) is 14.2 Å². The van der Waals surface area contributed by atoms with Crippen LogP contribution in [0.2, 0.25) is 0 Å². The molecule has 0 spiro atoms. The normalized spacial score (nSPS) is 36.1. The van der Waals surface area contributed by atoms with Crippen LogP contribution in [0.4, 0.5) is 0 Å². The summed E-state index contributed by atoms with van der Waals surface area (Å²) in [5.74, 6) is 0.102. The van der Waals surface area contributed by atoms with Crippen LogP contribution >= 0.6 is 50.7 Å². The van der Waals surface area contributed by atoms with Crippen LogP contribution in [0, 0.1) is 0 Å². The van der Waals surface area contributed by atoms with Gasteiger partial charge >= 0.3 is 0 Å². The van der Waals surface area contributed by atoms with Gasteiger partial charge in [0.05, 0.1) is 4.83 Å². The minimum Gasteiger partial charge on any atom is -0.469 e. The molecule has 152 valence electrons. The second kappa shape index (κ2) is 7.70. The Morgan fingerprint density at radius 2 is 1.28 bits per heavy atom. The molecule has 8 heteroatoms. The summed E-state index contributed by atoms with van der Waals surface area (Å²) in [6.07, 6.45) is -1.51. The van der Waals surface area contributed by atoms with E-state index in [1.807, 2.05) is 48.5 Å². The van der Waals surface area contributed by atoms with Gasteiger partial charge in [-0.1, -0.05) is 111 Å². The molecule has 2 aliphatic heterocycles. The Kier molecular flexibility index (Phi) is 5.34. The largest absolute Gasteiger partial charge is 0.469 e. The van der Waals surface area contributed by atoms with Crippen LogP contribution in [0.1, 0.15) is 23.3 Å². The van der Waals surface area contributed by atoms with Gasteiger partial charge in [-0.15, -0.1) is 0 Å². The summed E-state index contributed by atoms with van der Waals surface area (Å²) in [5, 5.41) is 0. The third kappa shape index (κ3) is 3.60. The lowest BCUT2D eigenvalue weighted by Crippen LogP contribution is -2.46. The standard InChI is InChI=1S/C21H17BrCl3NO3/c22-13-14-18(29-20(26-14)21(23,24)25)19-17(13)27-15(11-7-3-1-4-8-11)16(28-19)12-9-5-2-6-10-12/h1-10,13-19H/t13-,14-,15-,16-,17-,18-,19-/m0/s1. The third-order valence-corrected chi connectivity index (χ3v) is 7.07. The summed E-state index contributed by atoms with van der Waals surface area (Å²) >= 11 is 21.7. The number of nitrogens with zero attached hydrogens (tertiary/aromatic N) is 1. The number of fused-ring (bicyclic) bond motifs is 3. The first-order valence-electron chi connectivity index (χ1n) is 9.30. The predicted octanol–water partition coefficient (Wildman–Crippen LogP) is 5.57. The number of hydrogen-bond donors (Lipinski definition) is 0. The molecule has 2 aromatic carbocycles. The van der Waals surface area contributed by atoms with Crippen molar-refractivity contribution in [3.8, 4) is 0 Å². The van der Waals surface area contributed by atoms with E-state index in [0.29, 0.717) is 0 Å². The molecule has 0 bridgehead atoms. The van der Waals surface area contributed by atoms with Crippen molar-refractivity contribution in [2.24, 2.45) is 4.99 Å². The first kappa shape index (κ1) is 20.1. The van der Waals surface area contributed by atoms with Crippen molar-refractivity contribution in [2.75, 3.05) is 0 Å².